The molecule has 3 heterocycles. The smallest absolute Gasteiger partial charge is 0.257 e. The first-order valence-corrected chi connectivity index (χ1v) is 9.33. The summed E-state index contributed by atoms with van der Waals surface area (Å²) in [6, 6.07) is 7.60. The molecular formula is C17H19N5O2S. The average molecular weight is 357 g/mol. The molecule has 1 amide bonds. The van der Waals surface area contributed by atoms with E-state index in [0.717, 1.165) is 42.1 Å². The van der Waals surface area contributed by atoms with Gasteiger partial charge >= 0.3 is 0 Å². The van der Waals surface area contributed by atoms with Crippen LogP contribution >= 0.6 is 11.8 Å². The second-order valence-corrected chi connectivity index (χ2v) is 7.12. The summed E-state index contributed by atoms with van der Waals surface area (Å²) >= 11 is 1.35. The van der Waals surface area contributed by atoms with Crippen LogP contribution in [-0.4, -0.2) is 30.9 Å². The highest BCUT2D eigenvalue weighted by atomic mass is 32.2. The van der Waals surface area contributed by atoms with Gasteiger partial charge in [-0.15, -0.1) is 10.2 Å². The minimum absolute atomic E-state index is 0.0369. The lowest BCUT2D eigenvalue weighted by Crippen LogP contribution is -2.32. The molecule has 0 spiro atoms. The van der Waals surface area contributed by atoms with Crippen molar-refractivity contribution >= 4 is 28.8 Å². The van der Waals surface area contributed by atoms with E-state index < -0.39 is 0 Å². The Morgan fingerprint density at radius 1 is 1.40 bits per heavy atom. The normalized spacial score (nSPS) is 14.6. The van der Waals surface area contributed by atoms with Crippen LogP contribution in [0.15, 0.2) is 33.9 Å². The van der Waals surface area contributed by atoms with E-state index in [-0.39, 0.29) is 11.2 Å². The number of fused-ring (bicyclic) bond motifs is 2. The van der Waals surface area contributed by atoms with Crippen LogP contribution in [0.4, 0.5) is 0 Å². The zero-order valence-corrected chi connectivity index (χ0v) is 14.8. The highest BCUT2D eigenvalue weighted by molar-refractivity contribution is 8.00. The number of carbonyl (C=O) groups is 1. The van der Waals surface area contributed by atoms with Crippen molar-refractivity contribution in [3.05, 3.63) is 35.9 Å². The fraction of sp³-hybridized carbons (Fsp3) is 0.412. The highest BCUT2D eigenvalue weighted by Gasteiger charge is 2.22. The molecule has 1 aromatic carbocycles. The van der Waals surface area contributed by atoms with Crippen molar-refractivity contribution in [3.8, 4) is 0 Å². The largest absolute Gasteiger partial charge is 0.431 e. The van der Waals surface area contributed by atoms with Gasteiger partial charge in [0.2, 0.25) is 5.91 Å². The molecule has 0 fully saturated rings. The molecule has 0 saturated heterocycles. The number of oxazole rings is 1. The van der Waals surface area contributed by atoms with Gasteiger partial charge in [-0.2, -0.15) is 0 Å². The molecule has 0 radical (unpaired) electrons. The van der Waals surface area contributed by atoms with Crippen molar-refractivity contribution in [2.75, 3.05) is 0 Å². The van der Waals surface area contributed by atoms with Gasteiger partial charge in [0, 0.05) is 13.0 Å². The summed E-state index contributed by atoms with van der Waals surface area (Å²) in [6.45, 7) is 3.31. The molecule has 8 heteroatoms. The van der Waals surface area contributed by atoms with E-state index in [2.05, 4.69) is 25.1 Å². The third kappa shape index (κ3) is 3.26. The Morgan fingerprint density at radius 3 is 3.12 bits per heavy atom. The maximum absolute atomic E-state index is 12.5. The Morgan fingerprint density at radius 2 is 2.28 bits per heavy atom. The first kappa shape index (κ1) is 16.1. The number of nitrogens with one attached hydrogen (secondary N) is 1. The Labute approximate surface area is 149 Å². The lowest BCUT2D eigenvalue weighted by atomic mass is 10.3. The molecule has 3 aromatic rings. The van der Waals surface area contributed by atoms with E-state index in [1.807, 2.05) is 31.2 Å². The Kier molecular flexibility index (Phi) is 4.44. The van der Waals surface area contributed by atoms with Gasteiger partial charge in [0.1, 0.15) is 11.3 Å². The molecule has 1 atom stereocenters. The maximum atomic E-state index is 12.5. The van der Waals surface area contributed by atoms with Crippen LogP contribution in [0.3, 0.4) is 0 Å². The van der Waals surface area contributed by atoms with Crippen molar-refractivity contribution in [3.63, 3.8) is 0 Å². The minimum Gasteiger partial charge on any atom is -0.431 e. The van der Waals surface area contributed by atoms with E-state index in [0.29, 0.717) is 18.2 Å². The van der Waals surface area contributed by atoms with E-state index in [4.69, 9.17) is 4.42 Å². The summed E-state index contributed by atoms with van der Waals surface area (Å²) in [5.74, 6) is 1.80. The monoisotopic (exact) mass is 357 g/mol. The summed E-state index contributed by atoms with van der Waals surface area (Å²) in [6.07, 6.45) is 2.75. The van der Waals surface area contributed by atoms with Crippen LogP contribution in [0, 0.1) is 0 Å². The number of para-hydroxylation sites is 2. The van der Waals surface area contributed by atoms with Gasteiger partial charge in [-0.3, -0.25) is 4.79 Å². The molecule has 7 nitrogen and oxygen atoms in total. The molecule has 0 unspecified atom stereocenters. The third-order valence-corrected chi connectivity index (χ3v) is 5.50. The Balaban J connectivity index is 1.40. The summed E-state index contributed by atoms with van der Waals surface area (Å²) in [7, 11) is 0. The van der Waals surface area contributed by atoms with Crippen LogP contribution < -0.4 is 5.32 Å². The molecular weight excluding hydrogens is 338 g/mol. The topological polar surface area (TPSA) is 85.8 Å². The van der Waals surface area contributed by atoms with E-state index >= 15 is 0 Å². The Hall–Kier alpha value is -2.35. The van der Waals surface area contributed by atoms with Gasteiger partial charge < -0.3 is 14.3 Å². The van der Waals surface area contributed by atoms with E-state index in [9.17, 15) is 4.79 Å². The predicted molar refractivity (Wildman–Crippen MR) is 94.1 cm³/mol. The van der Waals surface area contributed by atoms with Gasteiger partial charge in [-0.1, -0.05) is 30.8 Å². The second-order valence-electron chi connectivity index (χ2n) is 5.97. The molecule has 0 bridgehead atoms. The molecule has 25 heavy (non-hydrogen) atoms. The van der Waals surface area contributed by atoms with Gasteiger partial charge in [0.05, 0.1) is 11.8 Å². The van der Waals surface area contributed by atoms with Crippen LogP contribution in [0.1, 0.15) is 31.4 Å². The van der Waals surface area contributed by atoms with Crippen molar-refractivity contribution in [2.24, 2.45) is 0 Å². The summed E-state index contributed by atoms with van der Waals surface area (Å²) in [5.41, 5.74) is 1.54. The predicted octanol–water partition coefficient (Wildman–Crippen LogP) is 2.55. The Bertz CT molecular complexity index is 870. The zero-order valence-electron chi connectivity index (χ0n) is 13.9. The number of nitrogens with zero attached hydrogens (tertiary/aromatic N) is 4. The SMILES string of the molecule is CC[C@@H](Sc1nc2ccccc2o1)C(=O)NCc1nnc2n1CCC2. The van der Waals surface area contributed by atoms with Crippen molar-refractivity contribution in [2.45, 2.75) is 49.7 Å². The van der Waals surface area contributed by atoms with E-state index in [1.54, 1.807) is 0 Å². The van der Waals surface area contributed by atoms with Gasteiger partial charge in [-0.05, 0) is 25.0 Å². The number of thioether (sulfide) groups is 1. The summed E-state index contributed by atoms with van der Waals surface area (Å²) < 4.78 is 7.80. The zero-order chi connectivity index (χ0) is 17.2. The maximum Gasteiger partial charge on any atom is 0.257 e. The number of aryl methyl sites for hydroxylation is 1. The number of hydrogen-bond donors (Lipinski definition) is 1. The molecule has 1 aliphatic heterocycles. The number of amides is 1. The minimum atomic E-state index is -0.256. The van der Waals surface area contributed by atoms with Crippen LogP contribution in [0.5, 0.6) is 0 Å². The van der Waals surface area contributed by atoms with Crippen LogP contribution in [-0.2, 0) is 24.3 Å². The molecule has 0 aliphatic carbocycles. The van der Waals surface area contributed by atoms with Gasteiger partial charge in [-0.25, -0.2) is 4.98 Å². The van der Waals surface area contributed by atoms with E-state index in [1.165, 1.54) is 11.8 Å². The van der Waals surface area contributed by atoms with Crippen LogP contribution in [0.25, 0.3) is 11.1 Å². The lowest BCUT2D eigenvalue weighted by molar-refractivity contribution is -0.120. The van der Waals surface area contributed by atoms with Gasteiger partial charge in [0.15, 0.2) is 11.4 Å². The fourth-order valence-corrected chi connectivity index (χ4v) is 3.86. The third-order valence-electron chi connectivity index (χ3n) is 4.29. The van der Waals surface area contributed by atoms with Gasteiger partial charge in [0.25, 0.3) is 5.22 Å². The number of carbonyl (C=O) groups excluding carboxylic acids is 1. The molecule has 2 aromatic heterocycles. The fourth-order valence-electron chi connectivity index (χ4n) is 2.97. The van der Waals surface area contributed by atoms with Crippen LogP contribution in [0.2, 0.25) is 0 Å². The molecule has 130 valence electrons. The molecule has 0 saturated carbocycles. The number of benzene rings is 1. The second kappa shape index (κ2) is 6.87. The average Bonchev–Trinajstić information content (AvgIpc) is 3.32. The quantitative estimate of drug-likeness (QED) is 0.682. The lowest BCUT2D eigenvalue weighted by Gasteiger charge is -2.12. The number of aromatic nitrogens is 4. The standard InChI is InChI=1S/C17H19N5O2S/c1-2-13(25-17-19-11-6-3-4-7-12(11)24-17)16(23)18-10-15-21-20-14-8-5-9-22(14)15/h3-4,6-7,13H,2,5,8-10H2,1H3,(H,18,23)/t13-/m1/s1. The van der Waals surface area contributed by atoms with Crippen molar-refractivity contribution in [1.82, 2.24) is 25.1 Å². The number of rotatable bonds is 6. The van der Waals surface area contributed by atoms with Crippen molar-refractivity contribution < 1.29 is 9.21 Å². The number of hydrogen-bond acceptors (Lipinski definition) is 6. The molecule has 1 N–H and O–H groups in total. The molecule has 1 aliphatic rings. The molecule has 4 rings (SSSR count). The van der Waals surface area contributed by atoms with Crippen molar-refractivity contribution in [1.29, 1.82) is 0 Å². The summed E-state index contributed by atoms with van der Waals surface area (Å²) in [4.78, 5) is 17.0. The summed E-state index contributed by atoms with van der Waals surface area (Å²) in [5, 5.41) is 11.6. The first-order chi connectivity index (χ1) is 12.2. The highest BCUT2D eigenvalue weighted by Crippen LogP contribution is 2.28. The first-order valence-electron chi connectivity index (χ1n) is 8.45.